The highest BCUT2D eigenvalue weighted by Crippen LogP contribution is 2.26. The van der Waals surface area contributed by atoms with Gasteiger partial charge in [0.05, 0.1) is 12.1 Å². The monoisotopic (exact) mass is 223 g/mol. The van der Waals surface area contributed by atoms with Crippen LogP contribution < -0.4 is 5.32 Å². The molecule has 88 valence electrons. The van der Waals surface area contributed by atoms with Crippen molar-refractivity contribution in [2.24, 2.45) is 0 Å². The molecule has 0 aliphatic carbocycles. The third-order valence-electron chi connectivity index (χ3n) is 3.13. The average molecular weight is 223 g/mol. The number of ether oxygens (including phenoxy) is 1. The van der Waals surface area contributed by atoms with E-state index >= 15 is 0 Å². The fourth-order valence-corrected chi connectivity index (χ4v) is 2.27. The van der Waals surface area contributed by atoms with Crippen LogP contribution in [0.15, 0.2) is 24.3 Å². The second-order valence-electron chi connectivity index (χ2n) is 4.22. The molecule has 1 N–H and O–H groups in total. The fourth-order valence-electron chi connectivity index (χ4n) is 2.27. The Kier molecular flexibility index (Phi) is 3.91. The van der Waals surface area contributed by atoms with E-state index in [0.717, 1.165) is 25.0 Å². The largest absolute Gasteiger partial charge is 0.376 e. The summed E-state index contributed by atoms with van der Waals surface area (Å²) >= 11 is 0. The lowest BCUT2D eigenvalue weighted by molar-refractivity contribution is -0.00663. The van der Waals surface area contributed by atoms with E-state index in [1.54, 1.807) is 0 Å². The fraction of sp³-hybridized carbons (Fsp3) is 0.538. The molecule has 0 spiro atoms. The Balaban J connectivity index is 2.11. The van der Waals surface area contributed by atoms with Crippen LogP contribution >= 0.6 is 0 Å². The first-order chi connectivity index (χ1) is 7.81. The van der Waals surface area contributed by atoms with Crippen molar-refractivity contribution in [1.82, 2.24) is 5.32 Å². The molecule has 2 rings (SSSR count). The first-order valence-electron chi connectivity index (χ1n) is 5.85. The zero-order valence-corrected chi connectivity index (χ0v) is 9.58. The molecule has 2 atom stereocenters. The first-order valence-corrected chi connectivity index (χ1v) is 5.85. The zero-order valence-electron chi connectivity index (χ0n) is 9.58. The van der Waals surface area contributed by atoms with Crippen molar-refractivity contribution in [3.05, 3.63) is 35.6 Å². The van der Waals surface area contributed by atoms with Crippen molar-refractivity contribution >= 4 is 0 Å². The van der Waals surface area contributed by atoms with Gasteiger partial charge in [-0.3, -0.25) is 0 Å². The summed E-state index contributed by atoms with van der Waals surface area (Å²) in [4.78, 5) is 0. The van der Waals surface area contributed by atoms with Crippen LogP contribution in [-0.2, 0) is 4.74 Å². The van der Waals surface area contributed by atoms with E-state index in [9.17, 15) is 4.39 Å². The van der Waals surface area contributed by atoms with Crippen molar-refractivity contribution in [3.63, 3.8) is 0 Å². The van der Waals surface area contributed by atoms with Gasteiger partial charge in [-0.1, -0.05) is 12.1 Å². The summed E-state index contributed by atoms with van der Waals surface area (Å²) < 4.78 is 18.6. The van der Waals surface area contributed by atoms with Crippen LogP contribution in [0.3, 0.4) is 0 Å². The standard InChI is InChI=1S/C13H18FNO/c1-15-13(12-4-2-3-9-16-12)10-5-7-11(14)8-6-10/h5-8,12-13,15H,2-4,9H2,1H3. The van der Waals surface area contributed by atoms with Crippen LogP contribution in [0.2, 0.25) is 0 Å². The van der Waals surface area contributed by atoms with Crippen molar-refractivity contribution in [2.75, 3.05) is 13.7 Å². The van der Waals surface area contributed by atoms with Crippen LogP contribution in [0.1, 0.15) is 30.9 Å². The van der Waals surface area contributed by atoms with Gasteiger partial charge < -0.3 is 10.1 Å². The van der Waals surface area contributed by atoms with E-state index < -0.39 is 0 Å². The van der Waals surface area contributed by atoms with Crippen molar-refractivity contribution in [1.29, 1.82) is 0 Å². The van der Waals surface area contributed by atoms with Crippen LogP contribution in [0.25, 0.3) is 0 Å². The Labute approximate surface area is 95.8 Å². The van der Waals surface area contributed by atoms with Gasteiger partial charge in [0.15, 0.2) is 0 Å². The molecule has 1 heterocycles. The van der Waals surface area contributed by atoms with Gasteiger partial charge in [-0.15, -0.1) is 0 Å². The maximum atomic E-state index is 12.8. The Morgan fingerprint density at radius 1 is 1.31 bits per heavy atom. The van der Waals surface area contributed by atoms with Gasteiger partial charge in [-0.2, -0.15) is 0 Å². The highest BCUT2D eigenvalue weighted by Gasteiger charge is 2.24. The quantitative estimate of drug-likeness (QED) is 0.850. The molecule has 0 amide bonds. The summed E-state index contributed by atoms with van der Waals surface area (Å²) in [7, 11) is 1.92. The molecule has 2 nitrogen and oxygen atoms in total. The molecule has 16 heavy (non-hydrogen) atoms. The minimum absolute atomic E-state index is 0.167. The van der Waals surface area contributed by atoms with Crippen LogP contribution in [0, 0.1) is 5.82 Å². The van der Waals surface area contributed by atoms with Gasteiger partial charge in [-0.25, -0.2) is 4.39 Å². The maximum Gasteiger partial charge on any atom is 0.123 e. The highest BCUT2D eigenvalue weighted by atomic mass is 19.1. The topological polar surface area (TPSA) is 21.3 Å². The molecule has 0 radical (unpaired) electrons. The minimum atomic E-state index is -0.192. The molecular weight excluding hydrogens is 205 g/mol. The lowest BCUT2D eigenvalue weighted by Gasteiger charge is -2.30. The lowest BCUT2D eigenvalue weighted by atomic mass is 9.96. The van der Waals surface area contributed by atoms with E-state index in [2.05, 4.69) is 5.32 Å². The third-order valence-corrected chi connectivity index (χ3v) is 3.13. The van der Waals surface area contributed by atoms with E-state index in [-0.39, 0.29) is 18.0 Å². The summed E-state index contributed by atoms with van der Waals surface area (Å²) in [6, 6.07) is 6.83. The molecule has 1 aromatic carbocycles. The first kappa shape index (κ1) is 11.6. The number of nitrogens with one attached hydrogen (secondary N) is 1. The molecule has 0 aromatic heterocycles. The molecule has 1 saturated heterocycles. The summed E-state index contributed by atoms with van der Waals surface area (Å²) in [6.45, 7) is 0.837. The van der Waals surface area contributed by atoms with Crippen LogP contribution in [0.4, 0.5) is 4.39 Å². The number of hydrogen-bond acceptors (Lipinski definition) is 2. The van der Waals surface area contributed by atoms with Crippen LogP contribution in [0.5, 0.6) is 0 Å². The Morgan fingerprint density at radius 2 is 2.06 bits per heavy atom. The van der Waals surface area contributed by atoms with E-state index in [1.807, 2.05) is 19.2 Å². The summed E-state index contributed by atoms with van der Waals surface area (Å²) in [5.74, 6) is -0.192. The van der Waals surface area contributed by atoms with E-state index in [0.29, 0.717) is 0 Å². The Bertz CT molecular complexity index is 319. The summed E-state index contributed by atoms with van der Waals surface area (Å²) in [6.07, 6.45) is 3.65. The molecule has 1 aliphatic rings. The molecule has 1 aromatic rings. The van der Waals surface area contributed by atoms with Gasteiger partial charge in [0.25, 0.3) is 0 Å². The Morgan fingerprint density at radius 3 is 2.62 bits per heavy atom. The van der Waals surface area contributed by atoms with E-state index in [4.69, 9.17) is 4.74 Å². The van der Waals surface area contributed by atoms with Crippen LogP contribution in [-0.4, -0.2) is 19.8 Å². The normalized spacial score (nSPS) is 23.0. The second-order valence-corrected chi connectivity index (χ2v) is 4.22. The predicted octanol–water partition coefficient (Wildman–Crippen LogP) is 2.66. The molecule has 2 unspecified atom stereocenters. The smallest absolute Gasteiger partial charge is 0.123 e. The predicted molar refractivity (Wildman–Crippen MR) is 61.8 cm³/mol. The highest BCUT2D eigenvalue weighted by molar-refractivity contribution is 5.21. The number of halogens is 1. The molecule has 1 aliphatic heterocycles. The number of benzene rings is 1. The molecular formula is C13H18FNO. The number of likely N-dealkylation sites (N-methyl/N-ethyl adjacent to an activating group) is 1. The second kappa shape index (κ2) is 5.41. The van der Waals surface area contributed by atoms with E-state index in [1.165, 1.54) is 18.6 Å². The Hall–Kier alpha value is -0.930. The van der Waals surface area contributed by atoms with Gasteiger partial charge in [0.1, 0.15) is 5.82 Å². The SMILES string of the molecule is CNC(c1ccc(F)cc1)C1CCCCO1. The van der Waals surface area contributed by atoms with Gasteiger partial charge in [-0.05, 0) is 44.0 Å². The van der Waals surface area contributed by atoms with Gasteiger partial charge >= 0.3 is 0 Å². The molecule has 1 fully saturated rings. The zero-order chi connectivity index (χ0) is 11.4. The van der Waals surface area contributed by atoms with Crippen molar-refractivity contribution in [2.45, 2.75) is 31.4 Å². The summed E-state index contributed by atoms with van der Waals surface area (Å²) in [5, 5.41) is 3.26. The lowest BCUT2D eigenvalue weighted by Crippen LogP contribution is -2.34. The summed E-state index contributed by atoms with van der Waals surface area (Å²) in [5.41, 5.74) is 1.09. The molecule has 0 saturated carbocycles. The van der Waals surface area contributed by atoms with Gasteiger partial charge in [0.2, 0.25) is 0 Å². The number of hydrogen-bond donors (Lipinski definition) is 1. The van der Waals surface area contributed by atoms with Crippen molar-refractivity contribution in [3.8, 4) is 0 Å². The molecule has 3 heteroatoms. The van der Waals surface area contributed by atoms with Gasteiger partial charge in [0, 0.05) is 6.61 Å². The number of rotatable bonds is 3. The maximum absolute atomic E-state index is 12.8. The average Bonchev–Trinajstić information content (AvgIpc) is 2.34. The van der Waals surface area contributed by atoms with Crippen molar-refractivity contribution < 1.29 is 9.13 Å². The molecule has 0 bridgehead atoms. The minimum Gasteiger partial charge on any atom is -0.376 e. The third kappa shape index (κ3) is 2.60.